The molecule has 0 aliphatic heterocycles. The molecule has 1 aliphatic carbocycles. The maximum absolute atomic E-state index is 12.1. The van der Waals surface area contributed by atoms with Gasteiger partial charge in [0, 0.05) is 16.5 Å². The maximum Gasteiger partial charge on any atom is 0.215 e. The van der Waals surface area contributed by atoms with E-state index in [4.69, 9.17) is 11.6 Å². The number of sulfonamides is 1. The predicted octanol–water partition coefficient (Wildman–Crippen LogP) is 2.91. The summed E-state index contributed by atoms with van der Waals surface area (Å²) in [4.78, 5) is 0. The number of benzene rings is 1. The third-order valence-electron chi connectivity index (χ3n) is 2.86. The molecule has 1 aliphatic rings. The molecule has 1 aromatic carbocycles. The van der Waals surface area contributed by atoms with Gasteiger partial charge in [0.05, 0.1) is 5.25 Å². The van der Waals surface area contributed by atoms with Gasteiger partial charge < -0.3 is 0 Å². The van der Waals surface area contributed by atoms with Gasteiger partial charge in [-0.25, -0.2) is 13.1 Å². The molecule has 0 radical (unpaired) electrons. The molecule has 1 saturated carbocycles. The maximum atomic E-state index is 12.1. The fraction of sp³-hybridized carbons (Fsp3) is 0.538. The van der Waals surface area contributed by atoms with Crippen LogP contribution >= 0.6 is 11.6 Å². The van der Waals surface area contributed by atoms with E-state index in [2.05, 4.69) is 4.72 Å². The lowest BCUT2D eigenvalue weighted by Crippen LogP contribution is -2.42. The van der Waals surface area contributed by atoms with E-state index in [0.717, 1.165) is 5.56 Å². The topological polar surface area (TPSA) is 46.2 Å². The van der Waals surface area contributed by atoms with E-state index in [9.17, 15) is 8.42 Å². The molecule has 0 bridgehead atoms. The minimum atomic E-state index is -3.25. The van der Waals surface area contributed by atoms with Crippen molar-refractivity contribution in [3.63, 3.8) is 0 Å². The minimum absolute atomic E-state index is 0.0727. The summed E-state index contributed by atoms with van der Waals surface area (Å²) in [7, 11) is -3.25. The van der Waals surface area contributed by atoms with Crippen molar-refractivity contribution in [1.82, 2.24) is 4.72 Å². The monoisotopic (exact) mass is 287 g/mol. The first-order valence-corrected chi connectivity index (χ1v) is 7.90. The van der Waals surface area contributed by atoms with Crippen molar-refractivity contribution < 1.29 is 8.42 Å². The largest absolute Gasteiger partial charge is 0.215 e. The van der Waals surface area contributed by atoms with Crippen molar-refractivity contribution in [2.45, 2.75) is 43.9 Å². The second kappa shape index (κ2) is 4.51. The molecule has 1 N–H and O–H groups in total. The summed E-state index contributed by atoms with van der Waals surface area (Å²) in [5.41, 5.74) is 0.576. The van der Waals surface area contributed by atoms with Crippen LogP contribution in [0.1, 0.15) is 38.7 Å². The van der Waals surface area contributed by atoms with E-state index in [1.54, 1.807) is 6.07 Å². The number of rotatable bonds is 3. The third-order valence-corrected chi connectivity index (χ3v) is 5.31. The molecule has 2 atom stereocenters. The van der Waals surface area contributed by atoms with Crippen LogP contribution in [0, 0.1) is 0 Å². The summed E-state index contributed by atoms with van der Waals surface area (Å²) in [5.74, 6) is 0.0727. The highest BCUT2D eigenvalue weighted by atomic mass is 35.5. The smallest absolute Gasteiger partial charge is 0.212 e. The van der Waals surface area contributed by atoms with Crippen molar-refractivity contribution in [2.24, 2.45) is 0 Å². The average Bonchev–Trinajstić information content (AvgIpc) is 2.93. The van der Waals surface area contributed by atoms with Crippen LogP contribution in [0.15, 0.2) is 24.3 Å². The minimum Gasteiger partial charge on any atom is -0.212 e. The first-order chi connectivity index (χ1) is 8.19. The van der Waals surface area contributed by atoms with Gasteiger partial charge in [0.15, 0.2) is 0 Å². The van der Waals surface area contributed by atoms with Gasteiger partial charge in [0.2, 0.25) is 10.0 Å². The van der Waals surface area contributed by atoms with Gasteiger partial charge in [-0.15, -0.1) is 0 Å². The molecule has 2 rings (SSSR count). The molecule has 18 heavy (non-hydrogen) atoms. The summed E-state index contributed by atoms with van der Waals surface area (Å²) < 4.78 is 27.0. The van der Waals surface area contributed by atoms with E-state index in [1.165, 1.54) is 0 Å². The van der Waals surface area contributed by atoms with Gasteiger partial charge in [-0.1, -0.05) is 23.7 Å². The average molecular weight is 288 g/mol. The Morgan fingerprint density at radius 3 is 2.56 bits per heavy atom. The van der Waals surface area contributed by atoms with Crippen molar-refractivity contribution in [2.75, 3.05) is 0 Å². The standard InChI is InChI=1S/C13H18ClNO2S/c1-13(2,3)15-18(16,17)12-8-11(12)9-5-4-6-10(14)7-9/h4-7,11-12,15H,8H2,1-3H3/t11-,12-/m0/s1. The highest BCUT2D eigenvalue weighted by molar-refractivity contribution is 7.90. The van der Waals surface area contributed by atoms with E-state index in [1.807, 2.05) is 39.0 Å². The second-order valence-electron chi connectivity index (χ2n) is 5.83. The Morgan fingerprint density at radius 1 is 1.33 bits per heavy atom. The molecule has 1 fully saturated rings. The van der Waals surface area contributed by atoms with Crippen molar-refractivity contribution in [3.8, 4) is 0 Å². The Morgan fingerprint density at radius 2 is 2.00 bits per heavy atom. The molecule has 0 heterocycles. The molecule has 3 nitrogen and oxygen atoms in total. The van der Waals surface area contributed by atoms with Gasteiger partial charge in [-0.3, -0.25) is 0 Å². The molecule has 0 saturated heterocycles. The molecule has 100 valence electrons. The zero-order valence-electron chi connectivity index (χ0n) is 10.8. The molecular formula is C13H18ClNO2S. The van der Waals surface area contributed by atoms with Crippen LogP contribution in [-0.2, 0) is 10.0 Å². The number of hydrogen-bond donors (Lipinski definition) is 1. The fourth-order valence-electron chi connectivity index (χ4n) is 2.11. The van der Waals surface area contributed by atoms with Crippen molar-refractivity contribution >= 4 is 21.6 Å². The summed E-state index contributed by atoms with van der Waals surface area (Å²) in [5, 5.41) is 0.328. The van der Waals surface area contributed by atoms with Crippen LogP contribution in [0.25, 0.3) is 0 Å². The van der Waals surface area contributed by atoms with Crippen LogP contribution in [-0.4, -0.2) is 19.2 Å². The van der Waals surface area contributed by atoms with Crippen LogP contribution < -0.4 is 4.72 Å². The summed E-state index contributed by atoms with van der Waals surface area (Å²) >= 11 is 5.92. The van der Waals surface area contributed by atoms with Crippen LogP contribution in [0.5, 0.6) is 0 Å². The van der Waals surface area contributed by atoms with Crippen molar-refractivity contribution in [3.05, 3.63) is 34.9 Å². The highest BCUT2D eigenvalue weighted by Crippen LogP contribution is 2.46. The summed E-state index contributed by atoms with van der Waals surface area (Å²) in [6.45, 7) is 5.55. The van der Waals surface area contributed by atoms with Crippen LogP contribution in [0.3, 0.4) is 0 Å². The van der Waals surface area contributed by atoms with Crippen LogP contribution in [0.4, 0.5) is 0 Å². The van der Waals surface area contributed by atoms with Gasteiger partial charge >= 0.3 is 0 Å². The van der Waals surface area contributed by atoms with Gasteiger partial charge in [0.25, 0.3) is 0 Å². The lowest BCUT2D eigenvalue weighted by atomic mass is 10.1. The number of hydrogen-bond acceptors (Lipinski definition) is 2. The van der Waals surface area contributed by atoms with Crippen LogP contribution in [0.2, 0.25) is 5.02 Å². The van der Waals surface area contributed by atoms with E-state index in [-0.39, 0.29) is 11.2 Å². The number of halogens is 1. The molecule has 0 amide bonds. The summed E-state index contributed by atoms with van der Waals surface area (Å²) in [6, 6.07) is 7.43. The van der Waals surface area contributed by atoms with Gasteiger partial charge in [0.1, 0.15) is 0 Å². The normalized spacial score (nSPS) is 24.0. The van der Waals surface area contributed by atoms with E-state index >= 15 is 0 Å². The number of nitrogens with one attached hydrogen (secondary N) is 1. The third kappa shape index (κ3) is 3.25. The Labute approximate surface area is 114 Å². The van der Waals surface area contributed by atoms with E-state index in [0.29, 0.717) is 11.4 Å². The second-order valence-corrected chi connectivity index (χ2v) is 8.17. The Bertz CT molecular complexity index is 548. The molecule has 0 spiro atoms. The first-order valence-electron chi connectivity index (χ1n) is 5.97. The molecule has 0 aromatic heterocycles. The van der Waals surface area contributed by atoms with E-state index < -0.39 is 15.6 Å². The molecule has 1 aromatic rings. The van der Waals surface area contributed by atoms with Crippen molar-refractivity contribution in [1.29, 1.82) is 0 Å². The lowest BCUT2D eigenvalue weighted by Gasteiger charge is -2.20. The molecule has 5 heteroatoms. The lowest BCUT2D eigenvalue weighted by molar-refractivity contribution is 0.490. The summed E-state index contributed by atoms with van der Waals surface area (Å²) in [6.07, 6.45) is 0.672. The highest BCUT2D eigenvalue weighted by Gasteiger charge is 2.48. The SMILES string of the molecule is CC(C)(C)NS(=O)(=O)[C@H]1C[C@H]1c1cccc(Cl)c1. The zero-order valence-corrected chi connectivity index (χ0v) is 12.3. The first kappa shape index (κ1) is 13.8. The van der Waals surface area contributed by atoms with Gasteiger partial charge in [-0.2, -0.15) is 0 Å². The molecular weight excluding hydrogens is 270 g/mol. The quantitative estimate of drug-likeness (QED) is 0.929. The molecule has 0 unspecified atom stereocenters. The fourth-order valence-corrected chi connectivity index (χ4v) is 4.36. The zero-order chi connectivity index (χ0) is 13.6. The Balaban J connectivity index is 2.12. The van der Waals surface area contributed by atoms with Gasteiger partial charge in [-0.05, 0) is 44.9 Å². The predicted molar refractivity (Wildman–Crippen MR) is 74.4 cm³/mol. The Hall–Kier alpha value is -0.580. The Kier molecular flexibility index (Phi) is 3.47.